The molecule has 1 unspecified atom stereocenters. The van der Waals surface area contributed by atoms with Crippen LogP contribution >= 0.6 is 0 Å². The first-order valence-electron chi connectivity index (χ1n) is 11.2. The molecule has 2 atom stereocenters. The molecule has 6 nitrogen and oxygen atoms in total. The molecule has 2 aliphatic rings. The van der Waals surface area contributed by atoms with Crippen molar-refractivity contribution in [1.82, 2.24) is 14.8 Å². The number of carbonyl (C=O) groups is 2. The Balaban J connectivity index is 1.14. The van der Waals surface area contributed by atoms with E-state index in [1.54, 1.807) is 12.3 Å². The van der Waals surface area contributed by atoms with E-state index in [0.717, 1.165) is 61.0 Å². The van der Waals surface area contributed by atoms with Gasteiger partial charge in [0.1, 0.15) is 0 Å². The van der Waals surface area contributed by atoms with Gasteiger partial charge in [0.2, 0.25) is 5.91 Å². The molecule has 3 heterocycles. The zero-order valence-electron chi connectivity index (χ0n) is 18.0. The van der Waals surface area contributed by atoms with E-state index in [-0.39, 0.29) is 11.8 Å². The number of fused-ring (bicyclic) bond motifs is 2. The Kier molecular flexibility index (Phi) is 5.62. The second kappa shape index (κ2) is 8.71. The van der Waals surface area contributed by atoms with Gasteiger partial charge >= 0.3 is 0 Å². The minimum absolute atomic E-state index is 0.119. The molecule has 2 fully saturated rings. The maximum absolute atomic E-state index is 13.1. The molecule has 2 aliphatic heterocycles. The normalized spacial score (nSPS) is 20.6. The van der Waals surface area contributed by atoms with Gasteiger partial charge in [-0.25, -0.2) is 0 Å². The SMILES string of the molecule is NC(=O)c1ccccc1[CH]CCN1CC2CN(C(=O)c3ccc4ccncc4c3)C[C@@H]2C1. The fourth-order valence-electron chi connectivity index (χ4n) is 5.14. The van der Waals surface area contributed by atoms with Crippen molar-refractivity contribution in [3.05, 3.63) is 84.0 Å². The van der Waals surface area contributed by atoms with Crippen molar-refractivity contribution in [2.45, 2.75) is 6.42 Å². The van der Waals surface area contributed by atoms with Crippen molar-refractivity contribution in [2.75, 3.05) is 32.7 Å². The van der Waals surface area contributed by atoms with Crippen molar-refractivity contribution < 1.29 is 9.59 Å². The number of primary amides is 1. The monoisotopic (exact) mass is 427 g/mol. The van der Waals surface area contributed by atoms with Crippen LogP contribution in [0.1, 0.15) is 32.7 Å². The topological polar surface area (TPSA) is 79.5 Å². The Morgan fingerprint density at radius 2 is 1.78 bits per heavy atom. The Morgan fingerprint density at radius 1 is 1.00 bits per heavy atom. The molecule has 2 aromatic carbocycles. The molecule has 2 saturated heterocycles. The lowest BCUT2D eigenvalue weighted by molar-refractivity contribution is 0.0774. The fraction of sp³-hybridized carbons (Fsp3) is 0.308. The quantitative estimate of drug-likeness (QED) is 0.656. The lowest BCUT2D eigenvalue weighted by atomic mass is 10.0. The Hall–Kier alpha value is -3.25. The summed E-state index contributed by atoms with van der Waals surface area (Å²) in [5, 5.41) is 2.10. The predicted molar refractivity (Wildman–Crippen MR) is 124 cm³/mol. The minimum atomic E-state index is -0.389. The summed E-state index contributed by atoms with van der Waals surface area (Å²) in [4.78, 5) is 33.3. The standard InChI is InChI=1S/C26H27N4O2/c27-25(31)24-6-2-1-4-19(24)5-3-11-29-14-22-16-30(17-23(22)15-29)26(32)20-8-7-18-9-10-28-13-21(18)12-20/h1-2,4-10,12-13,22-23H,3,11,14-17H2,(H2,27,31)/t22-,23?/m0/s1. The van der Waals surface area contributed by atoms with E-state index in [2.05, 4.69) is 16.3 Å². The first-order chi connectivity index (χ1) is 15.6. The van der Waals surface area contributed by atoms with E-state index >= 15 is 0 Å². The highest BCUT2D eigenvalue weighted by Crippen LogP contribution is 2.32. The van der Waals surface area contributed by atoms with E-state index in [1.165, 1.54) is 0 Å². The predicted octanol–water partition coefficient (Wildman–Crippen LogP) is 2.98. The summed E-state index contributed by atoms with van der Waals surface area (Å²) in [5.74, 6) is 0.783. The minimum Gasteiger partial charge on any atom is -0.366 e. The van der Waals surface area contributed by atoms with Crippen LogP contribution in [0, 0.1) is 18.3 Å². The molecule has 163 valence electrons. The number of rotatable bonds is 6. The van der Waals surface area contributed by atoms with Crippen molar-refractivity contribution in [2.24, 2.45) is 17.6 Å². The number of nitrogens with two attached hydrogens (primary N) is 1. The summed E-state index contributed by atoms with van der Waals surface area (Å²) < 4.78 is 0. The van der Waals surface area contributed by atoms with Gasteiger partial charge in [-0.05, 0) is 66.4 Å². The van der Waals surface area contributed by atoms with E-state index in [0.29, 0.717) is 17.4 Å². The van der Waals surface area contributed by atoms with Crippen LogP contribution in [0.3, 0.4) is 0 Å². The molecule has 1 aromatic heterocycles. The number of amides is 2. The van der Waals surface area contributed by atoms with E-state index in [1.807, 2.05) is 53.6 Å². The van der Waals surface area contributed by atoms with Crippen LogP contribution in [-0.4, -0.2) is 59.3 Å². The lowest BCUT2D eigenvalue weighted by Gasteiger charge is -2.22. The second-order valence-electron chi connectivity index (χ2n) is 8.87. The van der Waals surface area contributed by atoms with Gasteiger partial charge in [0.05, 0.1) is 0 Å². The van der Waals surface area contributed by atoms with E-state index in [4.69, 9.17) is 5.73 Å². The number of aromatic nitrogens is 1. The van der Waals surface area contributed by atoms with Crippen molar-refractivity contribution in [3.8, 4) is 0 Å². The van der Waals surface area contributed by atoms with Crippen LogP contribution < -0.4 is 5.73 Å². The van der Waals surface area contributed by atoms with E-state index < -0.39 is 0 Å². The van der Waals surface area contributed by atoms with Crippen LogP contribution in [0.4, 0.5) is 0 Å². The summed E-state index contributed by atoms with van der Waals surface area (Å²) in [6.45, 7) is 4.62. The molecule has 0 aliphatic carbocycles. The fourth-order valence-corrected chi connectivity index (χ4v) is 5.14. The van der Waals surface area contributed by atoms with Crippen molar-refractivity contribution in [1.29, 1.82) is 0 Å². The smallest absolute Gasteiger partial charge is 0.253 e. The van der Waals surface area contributed by atoms with Crippen LogP contribution in [0.2, 0.25) is 0 Å². The van der Waals surface area contributed by atoms with Crippen LogP contribution in [0.25, 0.3) is 10.8 Å². The van der Waals surface area contributed by atoms with Gasteiger partial charge in [0.15, 0.2) is 0 Å². The first kappa shape index (κ1) is 20.6. The lowest BCUT2D eigenvalue weighted by Crippen LogP contribution is -2.33. The molecule has 6 heteroatoms. The molecule has 32 heavy (non-hydrogen) atoms. The van der Waals surface area contributed by atoms with Crippen molar-refractivity contribution >= 4 is 22.6 Å². The van der Waals surface area contributed by atoms with Gasteiger partial charge in [0.25, 0.3) is 5.91 Å². The molecule has 2 amide bonds. The average molecular weight is 428 g/mol. The molecular formula is C26H27N4O2. The highest BCUT2D eigenvalue weighted by molar-refractivity contribution is 5.98. The number of nitrogens with zero attached hydrogens (tertiary/aromatic N) is 3. The van der Waals surface area contributed by atoms with Crippen LogP contribution in [0.5, 0.6) is 0 Å². The number of pyridine rings is 1. The van der Waals surface area contributed by atoms with Gasteiger partial charge in [-0.3, -0.25) is 14.6 Å². The number of likely N-dealkylation sites (tertiary alicyclic amines) is 2. The molecule has 3 aromatic rings. The summed E-state index contributed by atoms with van der Waals surface area (Å²) in [5.41, 5.74) is 7.69. The zero-order valence-corrected chi connectivity index (χ0v) is 18.0. The Bertz CT molecular complexity index is 1150. The number of carbonyl (C=O) groups excluding carboxylic acids is 2. The Morgan fingerprint density at radius 3 is 2.56 bits per heavy atom. The second-order valence-corrected chi connectivity index (χ2v) is 8.87. The number of hydrogen-bond acceptors (Lipinski definition) is 4. The summed E-state index contributed by atoms with van der Waals surface area (Å²) in [6, 6.07) is 15.3. The molecule has 2 N–H and O–H groups in total. The molecule has 5 rings (SSSR count). The van der Waals surface area contributed by atoms with Crippen LogP contribution in [0.15, 0.2) is 60.9 Å². The summed E-state index contributed by atoms with van der Waals surface area (Å²) in [7, 11) is 0. The van der Waals surface area contributed by atoms with E-state index in [9.17, 15) is 9.59 Å². The third kappa shape index (κ3) is 4.10. The van der Waals surface area contributed by atoms with Gasteiger partial charge in [0, 0.05) is 55.1 Å². The largest absolute Gasteiger partial charge is 0.366 e. The molecular weight excluding hydrogens is 400 g/mol. The number of benzene rings is 2. The highest BCUT2D eigenvalue weighted by Gasteiger charge is 2.41. The molecule has 0 spiro atoms. The maximum Gasteiger partial charge on any atom is 0.253 e. The average Bonchev–Trinajstić information content (AvgIpc) is 3.37. The molecule has 0 bridgehead atoms. The first-order valence-corrected chi connectivity index (χ1v) is 11.2. The summed E-state index contributed by atoms with van der Waals surface area (Å²) >= 11 is 0. The number of hydrogen-bond donors (Lipinski definition) is 1. The van der Waals surface area contributed by atoms with Gasteiger partial charge in [-0.1, -0.05) is 24.3 Å². The maximum atomic E-state index is 13.1. The van der Waals surface area contributed by atoms with Crippen molar-refractivity contribution in [3.63, 3.8) is 0 Å². The zero-order chi connectivity index (χ0) is 22.1. The van der Waals surface area contributed by atoms with Gasteiger partial charge in [-0.15, -0.1) is 0 Å². The Labute approximate surface area is 188 Å². The van der Waals surface area contributed by atoms with Crippen LogP contribution in [-0.2, 0) is 0 Å². The third-order valence-corrected chi connectivity index (χ3v) is 6.77. The summed E-state index contributed by atoms with van der Waals surface area (Å²) in [6.07, 6.45) is 6.54. The van der Waals surface area contributed by atoms with Gasteiger partial charge < -0.3 is 15.5 Å². The molecule has 0 saturated carbocycles. The van der Waals surface area contributed by atoms with Gasteiger partial charge in [-0.2, -0.15) is 0 Å². The third-order valence-electron chi connectivity index (χ3n) is 6.77. The molecule has 1 radical (unpaired) electrons. The highest BCUT2D eigenvalue weighted by atomic mass is 16.2.